The molecule has 60 valence electrons. The van der Waals surface area contributed by atoms with Crippen LogP contribution >= 0.6 is 0 Å². The van der Waals surface area contributed by atoms with Gasteiger partial charge < -0.3 is 10.7 Å². The van der Waals surface area contributed by atoms with Gasteiger partial charge in [0.05, 0.1) is 0 Å². The van der Waals surface area contributed by atoms with Gasteiger partial charge in [-0.25, -0.2) is 5.84 Å². The highest BCUT2D eigenvalue weighted by molar-refractivity contribution is 5.07. The lowest BCUT2D eigenvalue weighted by Gasteiger charge is -2.17. The van der Waals surface area contributed by atoms with Gasteiger partial charge in [0.1, 0.15) is 0 Å². The highest BCUT2D eigenvalue weighted by Crippen LogP contribution is 2.08. The number of nitrogens with zero attached hydrogens (tertiary/aromatic N) is 1. The van der Waals surface area contributed by atoms with Crippen molar-refractivity contribution < 1.29 is 0 Å². The lowest BCUT2D eigenvalue weighted by Crippen LogP contribution is -2.27. The third kappa shape index (κ3) is 2.27. The van der Waals surface area contributed by atoms with Gasteiger partial charge in [-0.2, -0.15) is 0 Å². The van der Waals surface area contributed by atoms with Gasteiger partial charge in [-0.05, 0) is 12.8 Å². The van der Waals surface area contributed by atoms with E-state index in [1.54, 1.807) is 7.05 Å². The zero-order chi connectivity index (χ0) is 8.31. The van der Waals surface area contributed by atoms with Crippen molar-refractivity contribution in [1.82, 2.24) is 5.01 Å². The van der Waals surface area contributed by atoms with Crippen molar-refractivity contribution in [1.29, 1.82) is 0 Å². The highest BCUT2D eigenvalue weighted by atomic mass is 15.4. The summed E-state index contributed by atoms with van der Waals surface area (Å²) in [5.41, 5.74) is 7.51. The zero-order valence-electron chi connectivity index (χ0n) is 7.18. The fourth-order valence-corrected chi connectivity index (χ4v) is 0.621. The molecule has 10 heavy (non-hydrogen) atoms. The topological polar surface area (TPSA) is 55.3 Å². The normalized spacial score (nSPS) is 13.4. The fraction of sp³-hybridized carbons (Fsp3) is 0.714. The van der Waals surface area contributed by atoms with E-state index >= 15 is 0 Å². The van der Waals surface area contributed by atoms with Crippen molar-refractivity contribution in [2.75, 3.05) is 7.05 Å². The van der Waals surface area contributed by atoms with Gasteiger partial charge >= 0.3 is 0 Å². The van der Waals surface area contributed by atoms with Crippen LogP contribution in [0.25, 0.3) is 0 Å². The molecule has 0 rings (SSSR count). The average Bonchev–Trinajstić information content (AvgIpc) is 1.84. The quantitative estimate of drug-likeness (QED) is 0.440. The minimum absolute atomic E-state index is 0.367. The Balaban J connectivity index is 4.34. The highest BCUT2D eigenvalue weighted by Gasteiger charge is 2.03. The van der Waals surface area contributed by atoms with E-state index in [2.05, 4.69) is 0 Å². The Hall–Kier alpha value is -0.700. The minimum atomic E-state index is 0.367. The molecule has 4 N–H and O–H groups in total. The SMILES string of the molecule is C/C(=C(/N)C(C)C)N(C)N. The standard InChI is InChI=1S/C7H17N3/c1-5(2)7(8)6(3)10(4)9/h5H,8-9H2,1-4H3/b7-6-. The maximum atomic E-state index is 5.72. The maximum absolute atomic E-state index is 5.72. The molecule has 3 nitrogen and oxygen atoms in total. The van der Waals surface area contributed by atoms with Crippen LogP contribution in [0.15, 0.2) is 11.4 Å². The Morgan fingerprint density at radius 1 is 1.40 bits per heavy atom. The molecule has 0 bridgehead atoms. The van der Waals surface area contributed by atoms with Crippen molar-refractivity contribution in [3.63, 3.8) is 0 Å². The second kappa shape index (κ2) is 3.46. The second-order valence-electron chi connectivity index (χ2n) is 2.81. The monoisotopic (exact) mass is 143 g/mol. The Morgan fingerprint density at radius 2 is 1.80 bits per heavy atom. The molecule has 0 aliphatic rings. The number of nitrogens with two attached hydrogens (primary N) is 2. The molecule has 0 atom stereocenters. The Kier molecular flexibility index (Phi) is 3.22. The van der Waals surface area contributed by atoms with Crippen molar-refractivity contribution in [2.45, 2.75) is 20.8 Å². The van der Waals surface area contributed by atoms with E-state index in [1.165, 1.54) is 5.01 Å². The minimum Gasteiger partial charge on any atom is -0.400 e. The Bertz CT molecular complexity index is 120. The summed E-state index contributed by atoms with van der Waals surface area (Å²) in [5.74, 6) is 5.84. The summed E-state index contributed by atoms with van der Waals surface area (Å²) in [6.45, 7) is 6.00. The molecule has 0 aliphatic heterocycles. The first-order valence-corrected chi connectivity index (χ1v) is 3.41. The summed E-state index contributed by atoms with van der Waals surface area (Å²) in [6.07, 6.45) is 0. The lowest BCUT2D eigenvalue weighted by molar-refractivity contribution is 0.428. The van der Waals surface area contributed by atoms with Gasteiger partial charge in [0.25, 0.3) is 0 Å². The van der Waals surface area contributed by atoms with Crippen LogP contribution in [-0.2, 0) is 0 Å². The Morgan fingerprint density at radius 3 is 1.90 bits per heavy atom. The van der Waals surface area contributed by atoms with Crippen LogP contribution in [0.3, 0.4) is 0 Å². The van der Waals surface area contributed by atoms with Crippen LogP contribution in [0.4, 0.5) is 0 Å². The van der Waals surface area contributed by atoms with E-state index in [4.69, 9.17) is 11.6 Å². The first-order chi connectivity index (χ1) is 4.46. The molecule has 0 saturated heterocycles. The summed E-state index contributed by atoms with van der Waals surface area (Å²) in [6, 6.07) is 0. The first kappa shape index (κ1) is 9.30. The lowest BCUT2D eigenvalue weighted by atomic mass is 10.1. The van der Waals surface area contributed by atoms with Crippen LogP contribution in [0.2, 0.25) is 0 Å². The summed E-state index contributed by atoms with van der Waals surface area (Å²) >= 11 is 0. The molecule has 0 unspecified atom stereocenters. The molecule has 0 aromatic rings. The van der Waals surface area contributed by atoms with Gasteiger partial charge in [0, 0.05) is 18.4 Å². The molecule has 0 amide bonds. The van der Waals surface area contributed by atoms with Crippen molar-refractivity contribution in [3.05, 3.63) is 11.4 Å². The van der Waals surface area contributed by atoms with E-state index in [-0.39, 0.29) is 0 Å². The van der Waals surface area contributed by atoms with E-state index in [1.807, 2.05) is 20.8 Å². The third-order valence-corrected chi connectivity index (χ3v) is 1.57. The summed E-state index contributed by atoms with van der Waals surface area (Å²) in [5, 5.41) is 1.54. The third-order valence-electron chi connectivity index (χ3n) is 1.57. The van der Waals surface area contributed by atoms with Gasteiger partial charge in [0.2, 0.25) is 0 Å². The molecule has 0 spiro atoms. The smallest absolute Gasteiger partial charge is 0.0446 e. The second-order valence-corrected chi connectivity index (χ2v) is 2.81. The summed E-state index contributed by atoms with van der Waals surface area (Å²) < 4.78 is 0. The molecule has 0 saturated carbocycles. The molecule has 0 radical (unpaired) electrons. The number of hydrogen-bond acceptors (Lipinski definition) is 3. The maximum Gasteiger partial charge on any atom is 0.0446 e. The van der Waals surface area contributed by atoms with E-state index < -0.39 is 0 Å². The van der Waals surface area contributed by atoms with Gasteiger partial charge in [-0.1, -0.05) is 13.8 Å². The van der Waals surface area contributed by atoms with Crippen LogP contribution in [0, 0.1) is 5.92 Å². The molecule has 3 heteroatoms. The fourth-order valence-electron chi connectivity index (χ4n) is 0.621. The largest absolute Gasteiger partial charge is 0.400 e. The van der Waals surface area contributed by atoms with E-state index in [0.717, 1.165) is 11.4 Å². The van der Waals surface area contributed by atoms with Gasteiger partial charge in [-0.3, -0.25) is 0 Å². The predicted octanol–water partition coefficient (Wildman–Crippen LogP) is 0.638. The Labute approximate surface area is 62.6 Å². The van der Waals surface area contributed by atoms with Crippen molar-refractivity contribution in [2.24, 2.45) is 17.5 Å². The molecular formula is C7H17N3. The molecule has 0 fully saturated rings. The number of hydrazine groups is 1. The molecule has 0 aromatic carbocycles. The van der Waals surface area contributed by atoms with Gasteiger partial charge in [0.15, 0.2) is 0 Å². The molecular weight excluding hydrogens is 126 g/mol. The summed E-state index contributed by atoms with van der Waals surface area (Å²) in [4.78, 5) is 0. The van der Waals surface area contributed by atoms with E-state index in [9.17, 15) is 0 Å². The number of allylic oxidation sites excluding steroid dienone is 2. The van der Waals surface area contributed by atoms with Crippen molar-refractivity contribution >= 4 is 0 Å². The van der Waals surface area contributed by atoms with Crippen LogP contribution in [0.1, 0.15) is 20.8 Å². The summed E-state index contributed by atoms with van der Waals surface area (Å²) in [7, 11) is 1.78. The predicted molar refractivity (Wildman–Crippen MR) is 43.7 cm³/mol. The van der Waals surface area contributed by atoms with Crippen LogP contribution in [0.5, 0.6) is 0 Å². The average molecular weight is 143 g/mol. The first-order valence-electron chi connectivity index (χ1n) is 3.41. The van der Waals surface area contributed by atoms with Gasteiger partial charge in [-0.15, -0.1) is 0 Å². The number of hydrogen-bond donors (Lipinski definition) is 2. The van der Waals surface area contributed by atoms with Crippen LogP contribution < -0.4 is 11.6 Å². The zero-order valence-corrected chi connectivity index (χ0v) is 7.18. The van der Waals surface area contributed by atoms with Crippen molar-refractivity contribution in [3.8, 4) is 0 Å². The van der Waals surface area contributed by atoms with E-state index in [0.29, 0.717) is 5.92 Å². The molecule has 0 aliphatic carbocycles. The molecule has 0 heterocycles. The molecule has 0 aromatic heterocycles. The number of rotatable bonds is 2. The van der Waals surface area contributed by atoms with Crippen LogP contribution in [-0.4, -0.2) is 12.1 Å².